The fourth-order valence-electron chi connectivity index (χ4n) is 2.56. The molecule has 0 unspecified atom stereocenters. The van der Waals surface area contributed by atoms with Gasteiger partial charge >= 0.3 is 0 Å². The maximum atomic E-state index is 2.56. The van der Waals surface area contributed by atoms with Gasteiger partial charge in [-0.15, -0.1) is 0 Å². The Balaban J connectivity index is 1.82. The van der Waals surface area contributed by atoms with E-state index in [1.165, 1.54) is 44.7 Å². The molecule has 2 nitrogen and oxygen atoms in total. The van der Waals surface area contributed by atoms with E-state index in [0.29, 0.717) is 0 Å². The summed E-state index contributed by atoms with van der Waals surface area (Å²) in [6.45, 7) is 4.75. The van der Waals surface area contributed by atoms with Crippen LogP contribution in [0.2, 0.25) is 0 Å². The van der Waals surface area contributed by atoms with E-state index in [0.717, 1.165) is 5.92 Å². The van der Waals surface area contributed by atoms with Crippen molar-refractivity contribution in [3.8, 4) is 0 Å². The Hall–Kier alpha value is -1.02. The smallest absolute Gasteiger partial charge is 0.0402 e. The highest BCUT2D eigenvalue weighted by Gasteiger charge is 2.27. The molecule has 16 heavy (non-hydrogen) atoms. The van der Waals surface area contributed by atoms with Crippen molar-refractivity contribution >= 4 is 5.69 Å². The number of para-hydroxylation sites is 1. The third-order valence-corrected chi connectivity index (χ3v) is 3.80. The molecule has 0 amide bonds. The molecule has 2 fully saturated rings. The van der Waals surface area contributed by atoms with E-state index < -0.39 is 0 Å². The highest BCUT2D eigenvalue weighted by Crippen LogP contribution is 2.44. The molecule has 0 aromatic heterocycles. The van der Waals surface area contributed by atoms with Gasteiger partial charge < -0.3 is 9.80 Å². The molecule has 1 aliphatic carbocycles. The lowest BCUT2D eigenvalue weighted by Crippen LogP contribution is -2.44. The van der Waals surface area contributed by atoms with Crippen molar-refractivity contribution in [2.75, 3.05) is 38.1 Å². The maximum Gasteiger partial charge on any atom is 0.0402 e. The number of benzene rings is 1. The van der Waals surface area contributed by atoms with Gasteiger partial charge in [0.2, 0.25) is 0 Å². The molecule has 1 aromatic rings. The molecule has 3 rings (SSSR count). The Morgan fingerprint density at radius 3 is 2.38 bits per heavy atom. The number of hydrogen-bond acceptors (Lipinski definition) is 2. The highest BCUT2D eigenvalue weighted by atomic mass is 15.2. The summed E-state index contributed by atoms with van der Waals surface area (Å²) in [6, 6.07) is 9.00. The van der Waals surface area contributed by atoms with Crippen molar-refractivity contribution in [3.05, 3.63) is 29.8 Å². The molecule has 2 aliphatic rings. The van der Waals surface area contributed by atoms with Crippen LogP contribution in [0.4, 0.5) is 5.69 Å². The van der Waals surface area contributed by atoms with Crippen LogP contribution in [-0.4, -0.2) is 38.1 Å². The Morgan fingerprint density at radius 2 is 1.69 bits per heavy atom. The van der Waals surface area contributed by atoms with E-state index in [9.17, 15) is 0 Å². The molecule has 1 aromatic carbocycles. The van der Waals surface area contributed by atoms with Gasteiger partial charge in [0, 0.05) is 31.9 Å². The summed E-state index contributed by atoms with van der Waals surface area (Å²) in [7, 11) is 2.21. The molecule has 2 heteroatoms. The van der Waals surface area contributed by atoms with E-state index >= 15 is 0 Å². The van der Waals surface area contributed by atoms with Crippen molar-refractivity contribution in [2.24, 2.45) is 0 Å². The van der Waals surface area contributed by atoms with Crippen LogP contribution in [-0.2, 0) is 0 Å². The molecule has 0 N–H and O–H groups in total. The van der Waals surface area contributed by atoms with Crippen molar-refractivity contribution in [1.29, 1.82) is 0 Å². The summed E-state index contributed by atoms with van der Waals surface area (Å²) < 4.78 is 0. The van der Waals surface area contributed by atoms with Gasteiger partial charge in [0.1, 0.15) is 0 Å². The molecule has 0 atom stereocenters. The first kappa shape index (κ1) is 10.2. The van der Waals surface area contributed by atoms with E-state index in [2.05, 4.69) is 41.1 Å². The Morgan fingerprint density at radius 1 is 1.00 bits per heavy atom. The Labute approximate surface area is 97.9 Å². The van der Waals surface area contributed by atoms with E-state index in [4.69, 9.17) is 0 Å². The molecule has 1 saturated heterocycles. The molecule has 1 heterocycles. The average molecular weight is 216 g/mol. The standard InChI is InChI=1S/C14H20N2/c1-15-8-10-16(11-9-15)14-5-3-2-4-13(14)12-6-7-12/h2-5,12H,6-11H2,1H3. The van der Waals surface area contributed by atoms with Crippen molar-refractivity contribution in [1.82, 2.24) is 4.90 Å². The van der Waals surface area contributed by atoms with Crippen LogP contribution in [0.1, 0.15) is 24.3 Å². The summed E-state index contributed by atoms with van der Waals surface area (Å²) in [4.78, 5) is 4.98. The summed E-state index contributed by atoms with van der Waals surface area (Å²) in [5.41, 5.74) is 3.09. The average Bonchev–Trinajstić information content (AvgIpc) is 3.14. The predicted molar refractivity (Wildman–Crippen MR) is 68.1 cm³/mol. The second kappa shape index (κ2) is 4.10. The van der Waals surface area contributed by atoms with Gasteiger partial charge in [0.05, 0.1) is 0 Å². The first-order chi connectivity index (χ1) is 7.84. The second-order valence-electron chi connectivity index (χ2n) is 5.12. The largest absolute Gasteiger partial charge is 0.369 e. The predicted octanol–water partition coefficient (Wildman–Crippen LogP) is 2.32. The van der Waals surface area contributed by atoms with E-state index in [1.54, 1.807) is 5.56 Å². The number of rotatable bonds is 2. The monoisotopic (exact) mass is 216 g/mol. The summed E-state index contributed by atoms with van der Waals surface area (Å²) >= 11 is 0. The van der Waals surface area contributed by atoms with Crippen LogP contribution in [0.15, 0.2) is 24.3 Å². The van der Waals surface area contributed by atoms with Crippen LogP contribution in [0.3, 0.4) is 0 Å². The van der Waals surface area contributed by atoms with Crippen LogP contribution < -0.4 is 4.90 Å². The molecule has 1 aliphatic heterocycles. The number of piperazine rings is 1. The van der Waals surface area contributed by atoms with Gasteiger partial charge in [-0.1, -0.05) is 18.2 Å². The third kappa shape index (κ3) is 1.94. The van der Waals surface area contributed by atoms with Gasteiger partial charge in [-0.3, -0.25) is 0 Å². The maximum absolute atomic E-state index is 2.56. The lowest BCUT2D eigenvalue weighted by Gasteiger charge is -2.35. The molecule has 1 saturated carbocycles. The summed E-state index contributed by atoms with van der Waals surface area (Å²) in [5, 5.41) is 0. The molecule has 0 radical (unpaired) electrons. The number of nitrogens with zero attached hydrogens (tertiary/aromatic N) is 2. The first-order valence-electron chi connectivity index (χ1n) is 6.37. The lowest BCUT2D eigenvalue weighted by molar-refractivity contribution is 0.312. The Bertz CT molecular complexity index is 363. The van der Waals surface area contributed by atoms with Gasteiger partial charge in [-0.2, -0.15) is 0 Å². The minimum Gasteiger partial charge on any atom is -0.369 e. The van der Waals surface area contributed by atoms with Gasteiger partial charge in [-0.25, -0.2) is 0 Å². The number of hydrogen-bond donors (Lipinski definition) is 0. The number of anilines is 1. The molecule has 0 bridgehead atoms. The quantitative estimate of drug-likeness (QED) is 0.748. The molecule has 0 spiro atoms. The molecular formula is C14H20N2. The zero-order chi connectivity index (χ0) is 11.0. The van der Waals surface area contributed by atoms with Crippen molar-refractivity contribution < 1.29 is 0 Å². The van der Waals surface area contributed by atoms with Crippen molar-refractivity contribution in [3.63, 3.8) is 0 Å². The zero-order valence-corrected chi connectivity index (χ0v) is 10.0. The van der Waals surface area contributed by atoms with Gasteiger partial charge in [0.15, 0.2) is 0 Å². The van der Waals surface area contributed by atoms with Gasteiger partial charge in [0.25, 0.3) is 0 Å². The summed E-state index contributed by atoms with van der Waals surface area (Å²) in [6.07, 6.45) is 2.79. The van der Waals surface area contributed by atoms with Crippen LogP contribution in [0.25, 0.3) is 0 Å². The highest BCUT2D eigenvalue weighted by molar-refractivity contribution is 5.56. The molecule has 86 valence electrons. The van der Waals surface area contributed by atoms with Crippen LogP contribution >= 0.6 is 0 Å². The SMILES string of the molecule is CN1CCN(c2ccccc2C2CC2)CC1. The minimum absolute atomic E-state index is 0.857. The normalized spacial score (nSPS) is 22.4. The van der Waals surface area contributed by atoms with E-state index in [-0.39, 0.29) is 0 Å². The lowest BCUT2D eigenvalue weighted by atomic mass is 10.1. The number of likely N-dealkylation sites (N-methyl/N-ethyl adjacent to an activating group) is 1. The van der Waals surface area contributed by atoms with Gasteiger partial charge in [-0.05, 0) is 37.4 Å². The van der Waals surface area contributed by atoms with Crippen LogP contribution in [0.5, 0.6) is 0 Å². The fraction of sp³-hybridized carbons (Fsp3) is 0.571. The minimum atomic E-state index is 0.857. The van der Waals surface area contributed by atoms with E-state index in [1.807, 2.05) is 0 Å². The van der Waals surface area contributed by atoms with Crippen LogP contribution in [0, 0.1) is 0 Å². The fourth-order valence-corrected chi connectivity index (χ4v) is 2.56. The second-order valence-corrected chi connectivity index (χ2v) is 5.12. The molecular weight excluding hydrogens is 196 g/mol. The zero-order valence-electron chi connectivity index (χ0n) is 10.0. The topological polar surface area (TPSA) is 6.48 Å². The van der Waals surface area contributed by atoms with Crippen molar-refractivity contribution in [2.45, 2.75) is 18.8 Å². The first-order valence-corrected chi connectivity index (χ1v) is 6.37. The summed E-state index contributed by atoms with van der Waals surface area (Å²) in [5.74, 6) is 0.857. The third-order valence-electron chi connectivity index (χ3n) is 3.80. The Kier molecular flexibility index (Phi) is 2.60.